The first kappa shape index (κ1) is 10.6. The predicted molar refractivity (Wildman–Crippen MR) is 67.2 cm³/mol. The van der Waals surface area contributed by atoms with Gasteiger partial charge in [-0.2, -0.15) is 0 Å². The van der Waals surface area contributed by atoms with E-state index in [1.54, 1.807) is 11.3 Å². The number of nitrogens with zero attached hydrogens (tertiary/aromatic N) is 2. The SMILES string of the molecule is CCNc1ncc(-c2cc(Br)cs2)cn1. The number of nitrogens with one attached hydrogen (secondary N) is 1. The molecule has 0 amide bonds. The van der Waals surface area contributed by atoms with Gasteiger partial charge in [-0.15, -0.1) is 11.3 Å². The zero-order valence-electron chi connectivity index (χ0n) is 8.20. The van der Waals surface area contributed by atoms with Crippen molar-refractivity contribution in [3.63, 3.8) is 0 Å². The van der Waals surface area contributed by atoms with Gasteiger partial charge < -0.3 is 5.32 Å². The molecule has 15 heavy (non-hydrogen) atoms. The van der Waals surface area contributed by atoms with E-state index in [-0.39, 0.29) is 0 Å². The van der Waals surface area contributed by atoms with Crippen LogP contribution in [0.5, 0.6) is 0 Å². The van der Waals surface area contributed by atoms with E-state index in [1.165, 1.54) is 4.88 Å². The van der Waals surface area contributed by atoms with Gasteiger partial charge in [-0.25, -0.2) is 9.97 Å². The summed E-state index contributed by atoms with van der Waals surface area (Å²) in [5, 5.41) is 5.11. The van der Waals surface area contributed by atoms with Crippen molar-refractivity contribution in [2.45, 2.75) is 6.92 Å². The van der Waals surface area contributed by atoms with E-state index in [9.17, 15) is 0 Å². The number of halogens is 1. The molecule has 0 unspecified atom stereocenters. The molecule has 0 radical (unpaired) electrons. The van der Waals surface area contributed by atoms with Crippen LogP contribution in [0.1, 0.15) is 6.92 Å². The first-order valence-corrected chi connectivity index (χ1v) is 6.27. The first-order chi connectivity index (χ1) is 7.29. The van der Waals surface area contributed by atoms with E-state index in [4.69, 9.17) is 0 Å². The van der Waals surface area contributed by atoms with Crippen molar-refractivity contribution < 1.29 is 0 Å². The molecule has 0 fully saturated rings. The Balaban J connectivity index is 2.23. The highest BCUT2D eigenvalue weighted by Gasteiger charge is 2.02. The van der Waals surface area contributed by atoms with Gasteiger partial charge in [0.25, 0.3) is 0 Å². The van der Waals surface area contributed by atoms with Gasteiger partial charge in [0.05, 0.1) is 0 Å². The fraction of sp³-hybridized carbons (Fsp3) is 0.200. The number of thiophene rings is 1. The molecule has 0 spiro atoms. The van der Waals surface area contributed by atoms with Gasteiger partial charge in [-0.05, 0) is 28.9 Å². The fourth-order valence-corrected chi connectivity index (χ4v) is 2.57. The Morgan fingerprint density at radius 1 is 1.40 bits per heavy atom. The maximum Gasteiger partial charge on any atom is 0.222 e. The molecule has 3 nitrogen and oxygen atoms in total. The van der Waals surface area contributed by atoms with Crippen LogP contribution >= 0.6 is 27.3 Å². The third-order valence-electron chi connectivity index (χ3n) is 1.84. The highest BCUT2D eigenvalue weighted by Crippen LogP contribution is 2.28. The summed E-state index contributed by atoms with van der Waals surface area (Å²) in [7, 11) is 0. The lowest BCUT2D eigenvalue weighted by Gasteiger charge is -2.01. The van der Waals surface area contributed by atoms with Crippen molar-refractivity contribution in [2.24, 2.45) is 0 Å². The lowest BCUT2D eigenvalue weighted by molar-refractivity contribution is 1.09. The van der Waals surface area contributed by atoms with Gasteiger partial charge in [0.15, 0.2) is 0 Å². The number of hydrogen-bond donors (Lipinski definition) is 1. The number of rotatable bonds is 3. The molecule has 2 aromatic rings. The van der Waals surface area contributed by atoms with Gasteiger partial charge in [-0.1, -0.05) is 0 Å². The molecule has 2 rings (SSSR count). The summed E-state index contributed by atoms with van der Waals surface area (Å²) >= 11 is 5.10. The van der Waals surface area contributed by atoms with Crippen molar-refractivity contribution >= 4 is 33.2 Å². The minimum atomic E-state index is 0.678. The average Bonchev–Trinajstić information content (AvgIpc) is 2.67. The molecule has 5 heteroatoms. The maximum atomic E-state index is 4.22. The van der Waals surface area contributed by atoms with Crippen LogP contribution in [-0.4, -0.2) is 16.5 Å². The molecule has 0 bridgehead atoms. The molecular formula is C10H10BrN3S. The van der Waals surface area contributed by atoms with Crippen molar-refractivity contribution in [2.75, 3.05) is 11.9 Å². The Labute approximate surface area is 101 Å². The van der Waals surface area contributed by atoms with Crippen molar-refractivity contribution in [3.8, 4) is 10.4 Å². The first-order valence-electron chi connectivity index (χ1n) is 4.60. The Kier molecular flexibility index (Phi) is 3.33. The second kappa shape index (κ2) is 4.72. The average molecular weight is 284 g/mol. The standard InChI is InChI=1S/C10H10BrN3S/c1-2-12-10-13-4-7(5-14-10)9-3-8(11)6-15-9/h3-6H,2H2,1H3,(H,12,13,14). The predicted octanol–water partition coefficient (Wildman–Crippen LogP) is 3.40. The third-order valence-corrected chi connectivity index (χ3v) is 3.58. The van der Waals surface area contributed by atoms with Gasteiger partial charge in [0.2, 0.25) is 5.95 Å². The van der Waals surface area contributed by atoms with Crippen molar-refractivity contribution in [1.29, 1.82) is 0 Å². The van der Waals surface area contributed by atoms with E-state index in [0.717, 1.165) is 16.6 Å². The molecule has 0 saturated carbocycles. The highest BCUT2D eigenvalue weighted by atomic mass is 79.9. The summed E-state index contributed by atoms with van der Waals surface area (Å²) in [5.41, 5.74) is 1.05. The summed E-state index contributed by atoms with van der Waals surface area (Å²) in [6.07, 6.45) is 3.67. The minimum Gasteiger partial charge on any atom is -0.355 e. The molecule has 0 aliphatic carbocycles. The van der Waals surface area contributed by atoms with Crippen LogP contribution in [-0.2, 0) is 0 Å². The Hall–Kier alpha value is -0.940. The summed E-state index contributed by atoms with van der Waals surface area (Å²) in [6.45, 7) is 2.86. The third kappa shape index (κ3) is 2.54. The maximum absolute atomic E-state index is 4.22. The molecule has 2 heterocycles. The Morgan fingerprint density at radius 2 is 2.13 bits per heavy atom. The molecule has 0 atom stereocenters. The fourth-order valence-electron chi connectivity index (χ4n) is 1.17. The molecule has 0 aliphatic rings. The largest absolute Gasteiger partial charge is 0.355 e. The van der Waals surface area contributed by atoms with Gasteiger partial charge in [0, 0.05) is 39.2 Å². The van der Waals surface area contributed by atoms with Crippen LogP contribution < -0.4 is 5.32 Å². The number of anilines is 1. The van der Waals surface area contributed by atoms with E-state index in [1.807, 2.05) is 24.7 Å². The number of aromatic nitrogens is 2. The normalized spacial score (nSPS) is 10.3. The topological polar surface area (TPSA) is 37.8 Å². The molecule has 0 aromatic carbocycles. The molecule has 0 aliphatic heterocycles. The molecule has 0 saturated heterocycles. The van der Waals surface area contributed by atoms with Crippen molar-refractivity contribution in [3.05, 3.63) is 28.3 Å². The van der Waals surface area contributed by atoms with Crippen LogP contribution in [0, 0.1) is 0 Å². The summed E-state index contributed by atoms with van der Waals surface area (Å²) in [6, 6.07) is 2.07. The van der Waals surface area contributed by atoms with E-state index in [0.29, 0.717) is 5.95 Å². The lowest BCUT2D eigenvalue weighted by Crippen LogP contribution is -2.01. The lowest BCUT2D eigenvalue weighted by atomic mass is 10.3. The molecule has 78 valence electrons. The highest BCUT2D eigenvalue weighted by molar-refractivity contribution is 9.10. The van der Waals surface area contributed by atoms with Crippen LogP contribution in [0.15, 0.2) is 28.3 Å². The van der Waals surface area contributed by atoms with E-state index in [2.05, 4.69) is 37.3 Å². The monoisotopic (exact) mass is 283 g/mol. The second-order valence-electron chi connectivity index (χ2n) is 2.95. The van der Waals surface area contributed by atoms with E-state index >= 15 is 0 Å². The van der Waals surface area contributed by atoms with Crippen LogP contribution in [0.3, 0.4) is 0 Å². The Bertz CT molecular complexity index is 438. The molecule has 2 aromatic heterocycles. The quantitative estimate of drug-likeness (QED) is 0.938. The Morgan fingerprint density at radius 3 is 2.67 bits per heavy atom. The van der Waals surface area contributed by atoms with Crippen LogP contribution in [0.2, 0.25) is 0 Å². The number of hydrogen-bond acceptors (Lipinski definition) is 4. The molecule has 1 N–H and O–H groups in total. The van der Waals surface area contributed by atoms with Gasteiger partial charge in [0.1, 0.15) is 0 Å². The minimum absolute atomic E-state index is 0.678. The second-order valence-corrected chi connectivity index (χ2v) is 4.78. The molecular weight excluding hydrogens is 274 g/mol. The zero-order valence-corrected chi connectivity index (χ0v) is 10.6. The van der Waals surface area contributed by atoms with E-state index < -0.39 is 0 Å². The summed E-state index contributed by atoms with van der Waals surface area (Å²) in [4.78, 5) is 9.62. The summed E-state index contributed by atoms with van der Waals surface area (Å²) in [5.74, 6) is 0.678. The van der Waals surface area contributed by atoms with Crippen LogP contribution in [0.25, 0.3) is 10.4 Å². The van der Waals surface area contributed by atoms with Gasteiger partial charge in [-0.3, -0.25) is 0 Å². The van der Waals surface area contributed by atoms with Crippen LogP contribution in [0.4, 0.5) is 5.95 Å². The van der Waals surface area contributed by atoms with Crippen molar-refractivity contribution in [1.82, 2.24) is 9.97 Å². The van der Waals surface area contributed by atoms with Gasteiger partial charge >= 0.3 is 0 Å². The smallest absolute Gasteiger partial charge is 0.222 e. The zero-order chi connectivity index (χ0) is 10.7. The summed E-state index contributed by atoms with van der Waals surface area (Å²) < 4.78 is 1.10.